The van der Waals surface area contributed by atoms with E-state index in [0.717, 1.165) is 11.1 Å². The minimum atomic E-state index is 0.0642. The van der Waals surface area contributed by atoms with Crippen molar-refractivity contribution >= 4 is 5.91 Å². The van der Waals surface area contributed by atoms with Crippen molar-refractivity contribution in [3.63, 3.8) is 0 Å². The quantitative estimate of drug-likeness (QED) is 0.696. The Kier molecular flexibility index (Phi) is 1.83. The number of amides is 1. The maximum Gasteiger partial charge on any atom is 0.252 e. The molecule has 1 aromatic carbocycles. The molecule has 1 aromatic rings. The standard InChI is InChI=1S/C11H13NO/c1-7(2)10-8-5-3-4-6-9(8)11(13)12-10/h3-7,10H,1-2H3,(H,12,13)/t10-/m1/s1. The monoisotopic (exact) mass is 175 g/mol. The summed E-state index contributed by atoms with van der Waals surface area (Å²) < 4.78 is 0. The summed E-state index contributed by atoms with van der Waals surface area (Å²) in [5.41, 5.74) is 1.98. The van der Waals surface area contributed by atoms with E-state index in [-0.39, 0.29) is 11.9 Å². The van der Waals surface area contributed by atoms with E-state index in [9.17, 15) is 4.79 Å². The molecule has 0 saturated heterocycles. The van der Waals surface area contributed by atoms with Crippen molar-refractivity contribution in [3.05, 3.63) is 35.4 Å². The Morgan fingerprint density at radius 3 is 2.69 bits per heavy atom. The van der Waals surface area contributed by atoms with Gasteiger partial charge < -0.3 is 5.32 Å². The molecule has 0 saturated carbocycles. The molecular formula is C11H13NO. The van der Waals surface area contributed by atoms with E-state index in [1.807, 2.05) is 24.3 Å². The Hall–Kier alpha value is -1.31. The van der Waals surface area contributed by atoms with E-state index >= 15 is 0 Å². The zero-order valence-corrected chi connectivity index (χ0v) is 7.87. The van der Waals surface area contributed by atoms with Gasteiger partial charge >= 0.3 is 0 Å². The predicted octanol–water partition coefficient (Wildman–Crippen LogP) is 2.13. The zero-order valence-electron chi connectivity index (χ0n) is 7.87. The number of rotatable bonds is 1. The first-order valence-electron chi connectivity index (χ1n) is 4.60. The van der Waals surface area contributed by atoms with Gasteiger partial charge in [-0.25, -0.2) is 0 Å². The maximum atomic E-state index is 11.5. The van der Waals surface area contributed by atoms with Gasteiger partial charge in [0.2, 0.25) is 0 Å². The van der Waals surface area contributed by atoms with Crippen molar-refractivity contribution in [1.29, 1.82) is 0 Å². The van der Waals surface area contributed by atoms with Crippen LogP contribution in [-0.4, -0.2) is 5.91 Å². The van der Waals surface area contributed by atoms with Crippen LogP contribution in [0.15, 0.2) is 24.3 Å². The van der Waals surface area contributed by atoms with E-state index in [2.05, 4.69) is 19.2 Å². The Morgan fingerprint density at radius 2 is 2.00 bits per heavy atom. The molecule has 1 heterocycles. The van der Waals surface area contributed by atoms with Gasteiger partial charge in [0, 0.05) is 5.56 Å². The molecule has 0 fully saturated rings. The van der Waals surface area contributed by atoms with Crippen LogP contribution in [0.1, 0.15) is 35.8 Å². The van der Waals surface area contributed by atoms with Crippen molar-refractivity contribution in [2.45, 2.75) is 19.9 Å². The number of fused-ring (bicyclic) bond motifs is 1. The molecule has 68 valence electrons. The number of hydrogen-bond donors (Lipinski definition) is 1. The van der Waals surface area contributed by atoms with Crippen LogP contribution in [0.4, 0.5) is 0 Å². The van der Waals surface area contributed by atoms with E-state index in [1.54, 1.807) is 0 Å². The zero-order chi connectivity index (χ0) is 9.42. The maximum absolute atomic E-state index is 11.5. The lowest BCUT2D eigenvalue weighted by Gasteiger charge is -2.15. The molecule has 0 unspecified atom stereocenters. The Balaban J connectivity index is 2.47. The summed E-state index contributed by atoms with van der Waals surface area (Å²) in [5, 5.41) is 2.98. The molecule has 0 aliphatic carbocycles. The molecule has 0 aromatic heterocycles. The first-order chi connectivity index (χ1) is 6.20. The van der Waals surface area contributed by atoms with Crippen molar-refractivity contribution in [1.82, 2.24) is 5.32 Å². The molecule has 1 aliphatic heterocycles. The fourth-order valence-electron chi connectivity index (χ4n) is 1.80. The third-order valence-electron chi connectivity index (χ3n) is 2.49. The fourth-order valence-corrected chi connectivity index (χ4v) is 1.80. The first kappa shape index (κ1) is 8.30. The number of carbonyl (C=O) groups excluding carboxylic acids is 1. The lowest BCUT2D eigenvalue weighted by molar-refractivity contribution is 0.0949. The van der Waals surface area contributed by atoms with Gasteiger partial charge in [-0.05, 0) is 17.5 Å². The largest absolute Gasteiger partial charge is 0.345 e. The molecule has 0 spiro atoms. The average Bonchev–Trinajstić information content (AvgIpc) is 2.45. The van der Waals surface area contributed by atoms with E-state index in [0.29, 0.717) is 5.92 Å². The highest BCUT2D eigenvalue weighted by molar-refractivity contribution is 5.99. The summed E-state index contributed by atoms with van der Waals surface area (Å²) in [6.45, 7) is 4.24. The smallest absolute Gasteiger partial charge is 0.252 e. The highest BCUT2D eigenvalue weighted by Gasteiger charge is 2.29. The summed E-state index contributed by atoms with van der Waals surface area (Å²) in [4.78, 5) is 11.5. The summed E-state index contributed by atoms with van der Waals surface area (Å²) in [6.07, 6.45) is 0. The summed E-state index contributed by atoms with van der Waals surface area (Å²) in [5.74, 6) is 0.516. The van der Waals surface area contributed by atoms with Gasteiger partial charge in [-0.3, -0.25) is 4.79 Å². The molecule has 1 atom stereocenters. The second kappa shape index (κ2) is 2.87. The van der Waals surface area contributed by atoms with Crippen LogP contribution in [0.25, 0.3) is 0 Å². The number of hydrogen-bond acceptors (Lipinski definition) is 1. The van der Waals surface area contributed by atoms with Gasteiger partial charge in [-0.1, -0.05) is 32.0 Å². The van der Waals surface area contributed by atoms with Crippen LogP contribution >= 0.6 is 0 Å². The predicted molar refractivity (Wildman–Crippen MR) is 51.5 cm³/mol. The SMILES string of the molecule is CC(C)[C@H]1NC(=O)c2ccccc21. The minimum absolute atomic E-state index is 0.0642. The van der Waals surface area contributed by atoms with Crippen LogP contribution < -0.4 is 5.32 Å². The highest BCUT2D eigenvalue weighted by Crippen LogP contribution is 2.30. The van der Waals surface area contributed by atoms with E-state index in [4.69, 9.17) is 0 Å². The molecule has 2 nitrogen and oxygen atoms in total. The van der Waals surface area contributed by atoms with Crippen LogP contribution in [-0.2, 0) is 0 Å². The van der Waals surface area contributed by atoms with Crippen LogP contribution in [0.5, 0.6) is 0 Å². The second-order valence-electron chi connectivity index (χ2n) is 3.78. The molecular weight excluding hydrogens is 162 g/mol. The van der Waals surface area contributed by atoms with Gasteiger partial charge in [0.1, 0.15) is 0 Å². The van der Waals surface area contributed by atoms with Crippen LogP contribution in [0.3, 0.4) is 0 Å². The second-order valence-corrected chi connectivity index (χ2v) is 3.78. The van der Waals surface area contributed by atoms with Gasteiger partial charge in [-0.2, -0.15) is 0 Å². The van der Waals surface area contributed by atoms with Crippen LogP contribution in [0, 0.1) is 5.92 Å². The van der Waals surface area contributed by atoms with E-state index in [1.165, 1.54) is 0 Å². The summed E-state index contributed by atoms with van der Waals surface area (Å²) in [7, 11) is 0. The molecule has 2 rings (SSSR count). The number of carbonyl (C=O) groups is 1. The first-order valence-corrected chi connectivity index (χ1v) is 4.60. The lowest BCUT2D eigenvalue weighted by Crippen LogP contribution is -2.22. The van der Waals surface area contributed by atoms with Crippen molar-refractivity contribution in [2.24, 2.45) is 5.92 Å². The molecule has 1 amide bonds. The van der Waals surface area contributed by atoms with Crippen LogP contribution in [0.2, 0.25) is 0 Å². The molecule has 0 radical (unpaired) electrons. The number of benzene rings is 1. The molecule has 1 aliphatic rings. The van der Waals surface area contributed by atoms with E-state index < -0.39 is 0 Å². The molecule has 13 heavy (non-hydrogen) atoms. The molecule has 1 N–H and O–H groups in total. The third kappa shape index (κ3) is 1.22. The van der Waals surface area contributed by atoms with Crippen molar-refractivity contribution < 1.29 is 4.79 Å². The lowest BCUT2D eigenvalue weighted by atomic mass is 9.96. The van der Waals surface area contributed by atoms with Gasteiger partial charge in [0.15, 0.2) is 0 Å². The summed E-state index contributed by atoms with van der Waals surface area (Å²) >= 11 is 0. The third-order valence-corrected chi connectivity index (χ3v) is 2.49. The normalized spacial score (nSPS) is 20.2. The number of nitrogens with one attached hydrogen (secondary N) is 1. The summed E-state index contributed by atoms with van der Waals surface area (Å²) in [6, 6.07) is 7.99. The Bertz CT molecular complexity index is 344. The fraction of sp³-hybridized carbons (Fsp3) is 0.364. The minimum Gasteiger partial charge on any atom is -0.345 e. The molecule has 0 bridgehead atoms. The average molecular weight is 175 g/mol. The Morgan fingerprint density at radius 1 is 1.31 bits per heavy atom. The Labute approximate surface area is 78.0 Å². The highest BCUT2D eigenvalue weighted by atomic mass is 16.2. The van der Waals surface area contributed by atoms with Crippen molar-refractivity contribution in [3.8, 4) is 0 Å². The van der Waals surface area contributed by atoms with Gasteiger partial charge in [-0.15, -0.1) is 0 Å². The molecule has 2 heteroatoms. The van der Waals surface area contributed by atoms with Gasteiger partial charge in [0.05, 0.1) is 6.04 Å². The van der Waals surface area contributed by atoms with Crippen molar-refractivity contribution in [2.75, 3.05) is 0 Å². The topological polar surface area (TPSA) is 29.1 Å². The van der Waals surface area contributed by atoms with Gasteiger partial charge in [0.25, 0.3) is 5.91 Å².